The van der Waals surface area contributed by atoms with E-state index in [-0.39, 0.29) is 45.3 Å². The number of sulfonamides is 1. The van der Waals surface area contributed by atoms with Gasteiger partial charge in [-0.25, -0.2) is 17.6 Å². The average molecular weight is 676 g/mol. The SMILES string of the molecule is C=CC1CC1(NC(=O)C1CC(OC(=O)N2Cc3cccc(F)c3C2)CN1C(=O)CNC(=O)C1CCC(=O)O1)C(=O)NS(=O)(=O)C1CC1. The van der Waals surface area contributed by atoms with E-state index in [1.54, 1.807) is 6.07 Å². The second-order valence-electron chi connectivity index (χ2n) is 12.5. The molecule has 17 heteroatoms. The van der Waals surface area contributed by atoms with Crippen LogP contribution in [0.5, 0.6) is 0 Å². The minimum atomic E-state index is -3.93. The molecule has 3 N–H and O–H groups in total. The van der Waals surface area contributed by atoms with Crippen molar-refractivity contribution in [2.45, 2.75) is 80.7 Å². The maximum Gasteiger partial charge on any atom is 0.410 e. The third-order valence-electron chi connectivity index (χ3n) is 9.18. The fraction of sp³-hybridized carbons (Fsp3) is 0.533. The minimum absolute atomic E-state index is 0.0256. The Hall–Kier alpha value is -4.54. The number of amides is 5. The molecule has 2 saturated carbocycles. The van der Waals surface area contributed by atoms with Gasteiger partial charge < -0.3 is 25.0 Å². The molecule has 4 fully saturated rings. The van der Waals surface area contributed by atoms with Gasteiger partial charge in [0.15, 0.2) is 6.10 Å². The first kappa shape index (κ1) is 32.4. The molecule has 2 saturated heterocycles. The van der Waals surface area contributed by atoms with Crippen LogP contribution in [0.25, 0.3) is 0 Å². The van der Waals surface area contributed by atoms with Gasteiger partial charge in [0.2, 0.25) is 21.8 Å². The summed E-state index contributed by atoms with van der Waals surface area (Å²) in [5, 5.41) is 4.34. The number of hydrogen-bond donors (Lipinski definition) is 3. The summed E-state index contributed by atoms with van der Waals surface area (Å²) in [4.78, 5) is 79.6. The molecule has 0 bridgehead atoms. The Labute approximate surface area is 269 Å². The van der Waals surface area contributed by atoms with Gasteiger partial charge in [-0.3, -0.25) is 33.6 Å². The van der Waals surface area contributed by atoms with Crippen LogP contribution in [-0.2, 0) is 56.6 Å². The number of cyclic esters (lactones) is 1. The Balaban J connectivity index is 1.15. The number of esters is 1. The first-order valence-corrected chi connectivity index (χ1v) is 16.8. The third-order valence-corrected chi connectivity index (χ3v) is 11.0. The third kappa shape index (κ3) is 6.53. The molecule has 252 valence electrons. The Morgan fingerprint density at radius 2 is 1.89 bits per heavy atom. The molecular weight excluding hydrogens is 641 g/mol. The van der Waals surface area contributed by atoms with Crippen LogP contribution in [0.2, 0.25) is 0 Å². The molecule has 0 spiro atoms. The maximum atomic E-state index is 14.3. The van der Waals surface area contributed by atoms with E-state index in [2.05, 4.69) is 21.9 Å². The van der Waals surface area contributed by atoms with Crippen LogP contribution in [0, 0.1) is 11.7 Å². The highest BCUT2D eigenvalue weighted by molar-refractivity contribution is 7.91. The summed E-state index contributed by atoms with van der Waals surface area (Å²) in [5.74, 6) is -4.70. The largest absolute Gasteiger partial charge is 0.452 e. The van der Waals surface area contributed by atoms with E-state index in [0.717, 1.165) is 4.90 Å². The fourth-order valence-electron chi connectivity index (χ4n) is 6.24. The Kier molecular flexibility index (Phi) is 8.44. The van der Waals surface area contributed by atoms with E-state index < -0.39 is 93.0 Å². The molecular formula is C30H34FN5O10S. The number of nitrogens with one attached hydrogen (secondary N) is 3. The number of nitrogens with zero attached hydrogens (tertiary/aromatic N) is 2. The number of halogens is 1. The highest BCUT2D eigenvalue weighted by Crippen LogP contribution is 2.45. The molecule has 1 aromatic rings. The number of likely N-dealkylation sites (tertiary alicyclic amines) is 1. The van der Waals surface area contributed by atoms with Gasteiger partial charge in [0.25, 0.3) is 11.8 Å². The van der Waals surface area contributed by atoms with E-state index in [0.29, 0.717) is 24.0 Å². The Morgan fingerprint density at radius 1 is 1.13 bits per heavy atom. The highest BCUT2D eigenvalue weighted by Gasteiger charge is 2.62. The van der Waals surface area contributed by atoms with E-state index in [1.807, 2.05) is 0 Å². The summed E-state index contributed by atoms with van der Waals surface area (Å²) in [6.07, 6.45) is -0.442. The van der Waals surface area contributed by atoms with Gasteiger partial charge in [0.1, 0.15) is 23.5 Å². The Morgan fingerprint density at radius 3 is 2.53 bits per heavy atom. The van der Waals surface area contributed by atoms with Gasteiger partial charge in [0.05, 0.1) is 24.9 Å². The van der Waals surface area contributed by atoms with Crippen LogP contribution in [0.4, 0.5) is 9.18 Å². The number of carbonyl (C=O) groups is 6. The monoisotopic (exact) mass is 675 g/mol. The lowest BCUT2D eigenvalue weighted by atomic mass is 10.1. The Bertz CT molecular complexity index is 1670. The van der Waals surface area contributed by atoms with Crippen LogP contribution in [0.1, 0.15) is 49.7 Å². The molecule has 0 aromatic heterocycles. The van der Waals surface area contributed by atoms with Crippen molar-refractivity contribution in [3.63, 3.8) is 0 Å². The van der Waals surface area contributed by atoms with Gasteiger partial charge in [-0.05, 0) is 30.9 Å². The summed E-state index contributed by atoms with van der Waals surface area (Å²) in [6, 6.07) is 3.25. The topological polar surface area (TPSA) is 198 Å². The number of benzene rings is 1. The molecule has 6 rings (SSSR count). The zero-order valence-corrected chi connectivity index (χ0v) is 26.1. The van der Waals surface area contributed by atoms with Gasteiger partial charge >= 0.3 is 12.1 Å². The summed E-state index contributed by atoms with van der Waals surface area (Å²) in [6.45, 7) is 2.94. The molecule has 2 aliphatic carbocycles. The quantitative estimate of drug-likeness (QED) is 0.219. The van der Waals surface area contributed by atoms with Gasteiger partial charge in [-0.2, -0.15) is 0 Å². The maximum absolute atomic E-state index is 14.3. The van der Waals surface area contributed by atoms with Crippen LogP contribution in [0.15, 0.2) is 30.9 Å². The smallest absolute Gasteiger partial charge is 0.410 e. The van der Waals surface area contributed by atoms with Crippen molar-refractivity contribution in [3.05, 3.63) is 47.8 Å². The van der Waals surface area contributed by atoms with Crippen molar-refractivity contribution in [2.24, 2.45) is 5.92 Å². The number of hydrogen-bond acceptors (Lipinski definition) is 10. The van der Waals surface area contributed by atoms with Crippen molar-refractivity contribution < 1.29 is 51.0 Å². The predicted octanol–water partition coefficient (Wildman–Crippen LogP) is -0.261. The predicted molar refractivity (Wildman–Crippen MR) is 157 cm³/mol. The van der Waals surface area contributed by atoms with Crippen LogP contribution >= 0.6 is 0 Å². The first-order chi connectivity index (χ1) is 22.3. The molecule has 0 radical (unpaired) electrons. The number of carbonyl (C=O) groups excluding carboxylic acids is 6. The lowest BCUT2D eigenvalue weighted by Crippen LogP contribution is -2.57. The highest BCUT2D eigenvalue weighted by atomic mass is 32.2. The van der Waals surface area contributed by atoms with Crippen molar-refractivity contribution in [1.82, 2.24) is 25.2 Å². The van der Waals surface area contributed by atoms with E-state index in [4.69, 9.17) is 9.47 Å². The number of ether oxygens (including phenoxy) is 2. The molecule has 5 amide bonds. The van der Waals surface area contributed by atoms with Gasteiger partial charge in [0, 0.05) is 37.3 Å². The standard InChI is InChI=1S/C30H34FN5O10S/c1-2-17-11-30(17,28(41)34-47(43,44)19-6-7-19)33-26(39)22-10-18(45-29(42)35-13-16-4-3-5-21(31)20(16)15-35)14-36(22)24(37)12-32-27(40)23-8-9-25(38)46-23/h2-5,17-19,22-23H,1,6-15H2,(H,32,40)(H,33,39)(H,34,41). The molecule has 5 aliphatic rings. The molecule has 1 aromatic carbocycles. The summed E-state index contributed by atoms with van der Waals surface area (Å²) < 4.78 is 51.9. The van der Waals surface area contributed by atoms with Gasteiger partial charge in [-0.1, -0.05) is 18.2 Å². The molecule has 5 unspecified atom stereocenters. The molecule has 3 aliphatic heterocycles. The zero-order valence-electron chi connectivity index (χ0n) is 25.2. The summed E-state index contributed by atoms with van der Waals surface area (Å²) in [7, 11) is -3.93. The number of fused-ring (bicyclic) bond motifs is 1. The summed E-state index contributed by atoms with van der Waals surface area (Å²) >= 11 is 0. The van der Waals surface area contributed by atoms with Crippen molar-refractivity contribution in [1.29, 1.82) is 0 Å². The lowest BCUT2D eigenvalue weighted by molar-refractivity contribution is -0.148. The summed E-state index contributed by atoms with van der Waals surface area (Å²) in [5.41, 5.74) is -0.627. The normalized spacial score (nSPS) is 27.8. The lowest BCUT2D eigenvalue weighted by Gasteiger charge is -2.26. The van der Waals surface area contributed by atoms with Crippen LogP contribution < -0.4 is 15.4 Å². The van der Waals surface area contributed by atoms with Crippen molar-refractivity contribution in [2.75, 3.05) is 13.1 Å². The zero-order chi connectivity index (χ0) is 33.7. The van der Waals surface area contributed by atoms with E-state index >= 15 is 0 Å². The molecule has 47 heavy (non-hydrogen) atoms. The second kappa shape index (κ2) is 12.2. The minimum Gasteiger partial charge on any atom is -0.452 e. The molecule has 15 nitrogen and oxygen atoms in total. The molecule has 3 heterocycles. The fourth-order valence-corrected chi connectivity index (χ4v) is 7.61. The van der Waals surface area contributed by atoms with Crippen molar-refractivity contribution in [3.8, 4) is 0 Å². The first-order valence-electron chi connectivity index (χ1n) is 15.3. The number of rotatable bonds is 10. The second-order valence-corrected chi connectivity index (χ2v) is 14.4. The average Bonchev–Trinajstić information content (AvgIpc) is 3.85. The van der Waals surface area contributed by atoms with Crippen molar-refractivity contribution >= 4 is 45.7 Å². The van der Waals surface area contributed by atoms with E-state index in [1.165, 1.54) is 23.1 Å². The van der Waals surface area contributed by atoms with Gasteiger partial charge in [-0.15, -0.1) is 6.58 Å². The molecule has 5 atom stereocenters. The van der Waals surface area contributed by atoms with E-state index in [9.17, 15) is 41.6 Å². The van der Waals surface area contributed by atoms with Crippen LogP contribution in [0.3, 0.4) is 0 Å². The van der Waals surface area contributed by atoms with Crippen LogP contribution in [-0.4, -0.2) is 96.0 Å².